The zero-order valence-corrected chi connectivity index (χ0v) is 10.9. The number of hydrogen-bond donors (Lipinski definition) is 1. The standard InChI is InChI=1S/C12H20N4O2/c1-3-10-9(6-5-7-18-10)11(17)14-12-15-13-8-16(12)4-2/h8-10H,3-7H2,1-2H3,(H,14,15,17). The molecule has 1 N–H and O–H groups in total. The largest absolute Gasteiger partial charge is 0.377 e. The summed E-state index contributed by atoms with van der Waals surface area (Å²) in [7, 11) is 0. The monoisotopic (exact) mass is 252 g/mol. The summed E-state index contributed by atoms with van der Waals surface area (Å²) in [5, 5.41) is 10.6. The lowest BCUT2D eigenvalue weighted by Crippen LogP contribution is -2.38. The predicted octanol–water partition coefficient (Wildman–Crippen LogP) is 1.44. The minimum Gasteiger partial charge on any atom is -0.377 e. The Labute approximate surface area is 107 Å². The van der Waals surface area contributed by atoms with Crippen LogP contribution in [-0.4, -0.2) is 33.4 Å². The van der Waals surface area contributed by atoms with Crippen molar-refractivity contribution in [2.24, 2.45) is 5.92 Å². The fourth-order valence-corrected chi connectivity index (χ4v) is 2.33. The van der Waals surface area contributed by atoms with Crippen LogP contribution in [0.2, 0.25) is 0 Å². The Morgan fingerprint density at radius 2 is 2.44 bits per heavy atom. The fourth-order valence-electron chi connectivity index (χ4n) is 2.33. The molecule has 0 saturated carbocycles. The molecule has 1 aliphatic heterocycles. The summed E-state index contributed by atoms with van der Waals surface area (Å²) < 4.78 is 7.44. The van der Waals surface area contributed by atoms with Crippen molar-refractivity contribution < 1.29 is 9.53 Å². The second-order valence-corrected chi connectivity index (χ2v) is 4.50. The van der Waals surface area contributed by atoms with Gasteiger partial charge in [-0.2, -0.15) is 0 Å². The van der Waals surface area contributed by atoms with Crippen LogP contribution in [0.5, 0.6) is 0 Å². The van der Waals surface area contributed by atoms with Crippen LogP contribution in [0.1, 0.15) is 33.1 Å². The zero-order valence-electron chi connectivity index (χ0n) is 10.9. The third-order valence-electron chi connectivity index (χ3n) is 3.37. The molecule has 1 saturated heterocycles. The summed E-state index contributed by atoms with van der Waals surface area (Å²) >= 11 is 0. The molecule has 2 atom stereocenters. The number of ether oxygens (including phenoxy) is 1. The molecule has 100 valence electrons. The van der Waals surface area contributed by atoms with Crippen molar-refractivity contribution in [2.45, 2.75) is 45.8 Å². The second kappa shape index (κ2) is 5.95. The number of nitrogens with one attached hydrogen (secondary N) is 1. The van der Waals surface area contributed by atoms with Gasteiger partial charge in [0.25, 0.3) is 0 Å². The molecule has 1 fully saturated rings. The van der Waals surface area contributed by atoms with Crippen LogP contribution < -0.4 is 5.32 Å². The normalized spacial score (nSPS) is 23.9. The van der Waals surface area contributed by atoms with Gasteiger partial charge >= 0.3 is 0 Å². The van der Waals surface area contributed by atoms with Crippen molar-refractivity contribution >= 4 is 11.9 Å². The van der Waals surface area contributed by atoms with Crippen molar-refractivity contribution in [3.05, 3.63) is 6.33 Å². The number of aryl methyl sites for hydroxylation is 1. The van der Waals surface area contributed by atoms with Crippen molar-refractivity contribution in [1.82, 2.24) is 14.8 Å². The van der Waals surface area contributed by atoms with Crippen LogP contribution in [-0.2, 0) is 16.1 Å². The molecule has 6 heteroatoms. The number of amides is 1. The van der Waals surface area contributed by atoms with Crippen molar-refractivity contribution in [3.8, 4) is 0 Å². The molecule has 18 heavy (non-hydrogen) atoms. The van der Waals surface area contributed by atoms with E-state index in [2.05, 4.69) is 15.5 Å². The number of rotatable bonds is 4. The maximum absolute atomic E-state index is 12.2. The first-order chi connectivity index (χ1) is 8.76. The molecule has 6 nitrogen and oxygen atoms in total. The van der Waals surface area contributed by atoms with E-state index in [1.807, 2.05) is 18.4 Å². The lowest BCUT2D eigenvalue weighted by atomic mass is 9.92. The van der Waals surface area contributed by atoms with Gasteiger partial charge in [-0.3, -0.25) is 10.1 Å². The third kappa shape index (κ3) is 2.69. The number of aromatic nitrogens is 3. The molecular weight excluding hydrogens is 232 g/mol. The van der Waals surface area contributed by atoms with E-state index < -0.39 is 0 Å². The summed E-state index contributed by atoms with van der Waals surface area (Å²) in [6, 6.07) is 0. The van der Waals surface area contributed by atoms with Gasteiger partial charge in [-0.15, -0.1) is 10.2 Å². The van der Waals surface area contributed by atoms with Gasteiger partial charge in [0.1, 0.15) is 6.33 Å². The molecule has 2 rings (SSSR count). The SMILES string of the molecule is CCC1OCCCC1C(=O)Nc1nncn1CC. The quantitative estimate of drug-likeness (QED) is 0.880. The van der Waals surface area contributed by atoms with E-state index in [1.54, 1.807) is 6.33 Å². The molecule has 0 aliphatic carbocycles. The van der Waals surface area contributed by atoms with Crippen LogP contribution in [0.3, 0.4) is 0 Å². The highest BCUT2D eigenvalue weighted by molar-refractivity contribution is 5.91. The van der Waals surface area contributed by atoms with Crippen LogP contribution in [0.15, 0.2) is 6.33 Å². The van der Waals surface area contributed by atoms with E-state index in [0.717, 1.165) is 32.4 Å². The Balaban J connectivity index is 2.02. The van der Waals surface area contributed by atoms with Gasteiger partial charge in [-0.25, -0.2) is 0 Å². The number of carbonyl (C=O) groups excluding carboxylic acids is 1. The van der Waals surface area contributed by atoms with Gasteiger partial charge in [0.05, 0.1) is 12.0 Å². The first-order valence-corrected chi connectivity index (χ1v) is 6.56. The first kappa shape index (κ1) is 13.0. The molecular formula is C12H20N4O2. The lowest BCUT2D eigenvalue weighted by Gasteiger charge is -2.29. The Hall–Kier alpha value is -1.43. The van der Waals surface area contributed by atoms with Gasteiger partial charge < -0.3 is 9.30 Å². The minimum absolute atomic E-state index is 0.00995. The number of carbonyl (C=O) groups is 1. The highest BCUT2D eigenvalue weighted by Gasteiger charge is 2.31. The van der Waals surface area contributed by atoms with Gasteiger partial charge in [0.2, 0.25) is 11.9 Å². The van der Waals surface area contributed by atoms with E-state index >= 15 is 0 Å². The van der Waals surface area contributed by atoms with Gasteiger partial charge in [0.15, 0.2) is 0 Å². The van der Waals surface area contributed by atoms with Gasteiger partial charge in [-0.05, 0) is 26.2 Å². The van der Waals surface area contributed by atoms with E-state index in [0.29, 0.717) is 5.95 Å². The van der Waals surface area contributed by atoms with Crippen LogP contribution in [0.4, 0.5) is 5.95 Å². The number of anilines is 1. The summed E-state index contributed by atoms with van der Waals surface area (Å²) in [5.74, 6) is 0.429. The fraction of sp³-hybridized carbons (Fsp3) is 0.750. The Kier molecular flexibility index (Phi) is 4.30. The summed E-state index contributed by atoms with van der Waals surface area (Å²) in [6.07, 6.45) is 4.32. The molecule has 0 aromatic carbocycles. The van der Waals surface area contributed by atoms with Crippen LogP contribution >= 0.6 is 0 Å². The predicted molar refractivity (Wildman–Crippen MR) is 67.1 cm³/mol. The molecule has 1 aromatic rings. The summed E-state index contributed by atoms with van der Waals surface area (Å²) in [5.41, 5.74) is 0. The molecule has 2 heterocycles. The van der Waals surface area contributed by atoms with Gasteiger partial charge in [-0.1, -0.05) is 6.92 Å². The molecule has 1 amide bonds. The number of hydrogen-bond acceptors (Lipinski definition) is 4. The van der Waals surface area contributed by atoms with Gasteiger partial charge in [0, 0.05) is 13.2 Å². The van der Waals surface area contributed by atoms with E-state index in [4.69, 9.17) is 4.74 Å². The maximum atomic E-state index is 12.2. The average Bonchev–Trinajstić information content (AvgIpc) is 2.85. The van der Waals surface area contributed by atoms with Crippen LogP contribution in [0, 0.1) is 5.92 Å². The Morgan fingerprint density at radius 3 is 3.17 bits per heavy atom. The average molecular weight is 252 g/mol. The number of nitrogens with zero attached hydrogens (tertiary/aromatic N) is 3. The van der Waals surface area contributed by atoms with Crippen molar-refractivity contribution in [3.63, 3.8) is 0 Å². The topological polar surface area (TPSA) is 69.0 Å². The zero-order chi connectivity index (χ0) is 13.0. The van der Waals surface area contributed by atoms with E-state index in [1.165, 1.54) is 0 Å². The maximum Gasteiger partial charge on any atom is 0.232 e. The smallest absolute Gasteiger partial charge is 0.232 e. The van der Waals surface area contributed by atoms with Crippen LogP contribution in [0.25, 0.3) is 0 Å². The highest BCUT2D eigenvalue weighted by atomic mass is 16.5. The minimum atomic E-state index is -0.0780. The third-order valence-corrected chi connectivity index (χ3v) is 3.37. The van der Waals surface area contributed by atoms with Crippen molar-refractivity contribution in [2.75, 3.05) is 11.9 Å². The first-order valence-electron chi connectivity index (χ1n) is 6.56. The molecule has 1 aromatic heterocycles. The van der Waals surface area contributed by atoms with E-state index in [9.17, 15) is 4.79 Å². The lowest BCUT2D eigenvalue weighted by molar-refractivity contribution is -0.129. The molecule has 2 unspecified atom stereocenters. The Morgan fingerprint density at radius 1 is 1.61 bits per heavy atom. The molecule has 0 spiro atoms. The highest BCUT2D eigenvalue weighted by Crippen LogP contribution is 2.24. The summed E-state index contributed by atoms with van der Waals surface area (Å²) in [6.45, 7) is 5.52. The Bertz CT molecular complexity index is 405. The summed E-state index contributed by atoms with van der Waals surface area (Å²) in [4.78, 5) is 12.2. The molecule has 0 bridgehead atoms. The van der Waals surface area contributed by atoms with Crippen molar-refractivity contribution in [1.29, 1.82) is 0 Å². The second-order valence-electron chi connectivity index (χ2n) is 4.50. The van der Waals surface area contributed by atoms with E-state index in [-0.39, 0.29) is 17.9 Å². The molecule has 1 aliphatic rings. The molecule has 0 radical (unpaired) electrons.